The fourth-order valence-corrected chi connectivity index (χ4v) is 4.83. The Morgan fingerprint density at radius 3 is 2.56 bits per heavy atom. The van der Waals surface area contributed by atoms with Crippen LogP contribution in [-0.4, -0.2) is 39.4 Å². The highest BCUT2D eigenvalue weighted by molar-refractivity contribution is 5.93. The third-order valence-corrected chi connectivity index (χ3v) is 6.26. The second-order valence-corrected chi connectivity index (χ2v) is 8.52. The minimum Gasteiger partial charge on any atom is -0.336 e. The quantitative estimate of drug-likeness (QED) is 0.693. The van der Waals surface area contributed by atoms with Crippen LogP contribution in [-0.2, 0) is 17.8 Å². The fourth-order valence-electron chi connectivity index (χ4n) is 4.83. The van der Waals surface area contributed by atoms with Gasteiger partial charge in [-0.25, -0.2) is 0 Å². The summed E-state index contributed by atoms with van der Waals surface area (Å²) in [7, 11) is 0. The maximum Gasteiger partial charge on any atom is 0.274 e. The number of aromatic nitrogens is 2. The van der Waals surface area contributed by atoms with Crippen molar-refractivity contribution in [3.63, 3.8) is 0 Å². The molecule has 2 atom stereocenters. The lowest BCUT2D eigenvalue weighted by Crippen LogP contribution is -2.49. The number of anilines is 1. The van der Waals surface area contributed by atoms with Crippen LogP contribution < -0.4 is 10.9 Å². The van der Waals surface area contributed by atoms with E-state index >= 15 is 0 Å². The Bertz CT molecular complexity index is 1210. The van der Waals surface area contributed by atoms with Crippen LogP contribution in [0.25, 0.3) is 0 Å². The van der Waals surface area contributed by atoms with Gasteiger partial charge in [-0.15, -0.1) is 0 Å². The van der Waals surface area contributed by atoms with Crippen LogP contribution in [0.4, 0.5) is 5.69 Å². The third kappa shape index (κ3) is 3.93. The molecule has 2 aromatic heterocycles. The molecule has 2 aliphatic rings. The maximum absolute atomic E-state index is 13.1. The van der Waals surface area contributed by atoms with E-state index in [4.69, 9.17) is 0 Å². The molecule has 2 unspecified atom stereocenters. The van der Waals surface area contributed by atoms with Crippen molar-refractivity contribution < 1.29 is 9.59 Å². The first-order chi connectivity index (χ1) is 15.6. The van der Waals surface area contributed by atoms with Crippen LogP contribution in [0.3, 0.4) is 0 Å². The number of piperidine rings is 1. The molecular weight excluding hydrogens is 404 g/mol. The van der Waals surface area contributed by atoms with Gasteiger partial charge in [0.25, 0.3) is 11.5 Å². The molecule has 7 heteroatoms. The minimum absolute atomic E-state index is 0.0686. The molecule has 7 nitrogen and oxygen atoms in total. The maximum atomic E-state index is 13.1. The molecule has 1 aromatic carbocycles. The summed E-state index contributed by atoms with van der Waals surface area (Å²) >= 11 is 0. The van der Waals surface area contributed by atoms with Gasteiger partial charge in [-0.1, -0.05) is 36.4 Å². The monoisotopic (exact) mass is 428 g/mol. The molecular formula is C25H24N4O3. The molecule has 3 aromatic rings. The molecule has 1 saturated heterocycles. The van der Waals surface area contributed by atoms with E-state index in [1.54, 1.807) is 29.0 Å². The zero-order valence-electron chi connectivity index (χ0n) is 17.6. The molecule has 2 aliphatic heterocycles. The normalized spacial score (nSPS) is 19.2. The Morgan fingerprint density at radius 1 is 0.969 bits per heavy atom. The summed E-state index contributed by atoms with van der Waals surface area (Å²) in [6.45, 7) is 1.70. The molecule has 2 bridgehead atoms. The number of rotatable bonds is 4. The Kier molecular flexibility index (Phi) is 5.31. The van der Waals surface area contributed by atoms with Gasteiger partial charge in [0.05, 0.1) is 6.42 Å². The lowest BCUT2D eigenvalue weighted by molar-refractivity contribution is -0.115. The number of carbonyl (C=O) groups excluding carboxylic acids is 2. The lowest BCUT2D eigenvalue weighted by Gasteiger charge is -2.42. The molecule has 2 amide bonds. The summed E-state index contributed by atoms with van der Waals surface area (Å²) in [5.41, 5.74) is 2.39. The molecule has 0 aliphatic carbocycles. The Morgan fingerprint density at radius 2 is 1.78 bits per heavy atom. The predicted molar refractivity (Wildman–Crippen MR) is 120 cm³/mol. The van der Waals surface area contributed by atoms with Crippen LogP contribution in [0, 0.1) is 5.92 Å². The first-order valence-corrected chi connectivity index (χ1v) is 10.9. The average Bonchev–Trinajstić information content (AvgIpc) is 2.82. The average molecular weight is 428 g/mol. The smallest absolute Gasteiger partial charge is 0.274 e. The van der Waals surface area contributed by atoms with Gasteiger partial charge in [0, 0.05) is 37.4 Å². The number of likely N-dealkylation sites (tertiary alicyclic amines) is 1. The highest BCUT2D eigenvalue weighted by Crippen LogP contribution is 2.35. The van der Waals surface area contributed by atoms with Crippen molar-refractivity contribution in [3.8, 4) is 0 Å². The van der Waals surface area contributed by atoms with E-state index in [-0.39, 0.29) is 35.6 Å². The van der Waals surface area contributed by atoms with Crippen LogP contribution >= 0.6 is 0 Å². The van der Waals surface area contributed by atoms with Crippen LogP contribution in [0.5, 0.6) is 0 Å². The number of benzene rings is 1. The molecule has 0 radical (unpaired) electrons. The fraction of sp³-hybridized carbons (Fsp3) is 0.280. The zero-order chi connectivity index (χ0) is 22.1. The number of nitrogens with one attached hydrogen (secondary N) is 1. The summed E-state index contributed by atoms with van der Waals surface area (Å²) in [4.78, 5) is 44.5. The predicted octanol–water partition coefficient (Wildman–Crippen LogP) is 2.68. The van der Waals surface area contributed by atoms with Crippen LogP contribution in [0.1, 0.15) is 34.1 Å². The van der Waals surface area contributed by atoms with Crippen molar-refractivity contribution in [2.45, 2.75) is 25.3 Å². The van der Waals surface area contributed by atoms with Crippen molar-refractivity contribution >= 4 is 17.5 Å². The highest BCUT2D eigenvalue weighted by atomic mass is 16.2. The number of nitrogens with zero attached hydrogens (tertiary/aromatic N) is 3. The molecule has 0 saturated carbocycles. The topological polar surface area (TPSA) is 84.3 Å². The van der Waals surface area contributed by atoms with Crippen molar-refractivity contribution in [2.24, 2.45) is 5.92 Å². The Balaban J connectivity index is 1.34. The van der Waals surface area contributed by atoms with E-state index < -0.39 is 0 Å². The van der Waals surface area contributed by atoms with E-state index in [0.717, 1.165) is 17.7 Å². The van der Waals surface area contributed by atoms with E-state index in [1.165, 1.54) is 0 Å². The summed E-state index contributed by atoms with van der Waals surface area (Å²) in [6, 6.07) is 18.4. The van der Waals surface area contributed by atoms with Gasteiger partial charge in [-0.05, 0) is 42.2 Å². The largest absolute Gasteiger partial charge is 0.336 e. The van der Waals surface area contributed by atoms with Crippen LogP contribution in [0.2, 0.25) is 0 Å². The first-order valence-electron chi connectivity index (χ1n) is 10.9. The van der Waals surface area contributed by atoms with Crippen LogP contribution in [0.15, 0.2) is 71.7 Å². The van der Waals surface area contributed by atoms with Gasteiger partial charge in [-0.2, -0.15) is 0 Å². The van der Waals surface area contributed by atoms with E-state index in [2.05, 4.69) is 10.3 Å². The van der Waals surface area contributed by atoms with E-state index in [1.807, 2.05) is 47.4 Å². The number of fused-ring (bicyclic) bond motifs is 4. The number of hydrogen-bond acceptors (Lipinski definition) is 4. The van der Waals surface area contributed by atoms with Crippen molar-refractivity contribution in [3.05, 3.63) is 94.2 Å². The summed E-state index contributed by atoms with van der Waals surface area (Å²) in [5, 5.41) is 2.78. The summed E-state index contributed by atoms with van der Waals surface area (Å²) in [6.07, 6.45) is 2.80. The van der Waals surface area contributed by atoms with E-state index in [0.29, 0.717) is 31.0 Å². The summed E-state index contributed by atoms with van der Waals surface area (Å²) in [5.74, 6) is 0.0108. The zero-order valence-corrected chi connectivity index (χ0v) is 17.6. The molecule has 32 heavy (non-hydrogen) atoms. The molecule has 1 N–H and O–H groups in total. The standard InChI is InChI=1S/C25H24N4O3/c30-23(13-17-6-2-1-3-7-17)27-21-9-10-22-19-12-18(15-29(22)25(21)32)14-28(16-19)24(31)20-8-4-5-11-26-20/h1-11,18-19H,12-16H2,(H,27,30). The minimum atomic E-state index is -0.211. The Labute approximate surface area is 185 Å². The van der Waals surface area contributed by atoms with Crippen molar-refractivity contribution in [1.82, 2.24) is 14.5 Å². The van der Waals surface area contributed by atoms with Gasteiger partial charge < -0.3 is 14.8 Å². The highest BCUT2D eigenvalue weighted by Gasteiger charge is 2.37. The second kappa shape index (κ2) is 8.42. The summed E-state index contributed by atoms with van der Waals surface area (Å²) < 4.78 is 1.78. The van der Waals surface area contributed by atoms with Gasteiger partial charge in [0.2, 0.25) is 5.91 Å². The third-order valence-electron chi connectivity index (χ3n) is 6.26. The molecule has 5 rings (SSSR count). The lowest BCUT2D eigenvalue weighted by atomic mass is 9.83. The number of carbonyl (C=O) groups is 2. The van der Waals surface area contributed by atoms with Crippen molar-refractivity contribution in [2.75, 3.05) is 18.4 Å². The molecule has 162 valence electrons. The molecule has 4 heterocycles. The second-order valence-electron chi connectivity index (χ2n) is 8.52. The number of amides is 2. The van der Waals surface area contributed by atoms with Gasteiger partial charge in [0.15, 0.2) is 0 Å². The van der Waals surface area contributed by atoms with Gasteiger partial charge in [-0.3, -0.25) is 19.4 Å². The number of pyridine rings is 2. The van der Waals surface area contributed by atoms with Crippen molar-refractivity contribution in [1.29, 1.82) is 0 Å². The Hall–Kier alpha value is -3.74. The molecule has 0 spiro atoms. The molecule has 1 fully saturated rings. The number of hydrogen-bond donors (Lipinski definition) is 1. The van der Waals surface area contributed by atoms with Gasteiger partial charge in [0.1, 0.15) is 11.4 Å². The SMILES string of the molecule is O=C(Cc1ccccc1)Nc1ccc2n(c1=O)CC1CC2CN(C(=O)c2ccccn2)C1. The first kappa shape index (κ1) is 20.2. The van der Waals surface area contributed by atoms with Gasteiger partial charge >= 0.3 is 0 Å². The van der Waals surface area contributed by atoms with E-state index in [9.17, 15) is 14.4 Å².